The highest BCUT2D eigenvalue weighted by atomic mass is 35.5. The van der Waals surface area contributed by atoms with Crippen molar-refractivity contribution in [3.05, 3.63) is 47.2 Å². The van der Waals surface area contributed by atoms with Crippen molar-refractivity contribution in [2.75, 3.05) is 11.9 Å². The zero-order valence-electron chi connectivity index (χ0n) is 10.2. The van der Waals surface area contributed by atoms with Crippen LogP contribution in [0.15, 0.2) is 36.7 Å². The molecule has 1 unspecified atom stereocenters. The molecule has 0 amide bonds. The van der Waals surface area contributed by atoms with E-state index in [0.717, 1.165) is 17.8 Å². The van der Waals surface area contributed by atoms with Gasteiger partial charge in [0.2, 0.25) is 0 Å². The Hall–Kier alpha value is -1.52. The molecule has 5 heteroatoms. The number of aromatic nitrogens is 2. The Balaban J connectivity index is 2.11. The third-order valence-corrected chi connectivity index (χ3v) is 3.00. The molecule has 4 nitrogen and oxygen atoms in total. The second-order valence-electron chi connectivity index (χ2n) is 4.02. The molecule has 2 N–H and O–H groups in total. The first-order chi connectivity index (χ1) is 8.72. The summed E-state index contributed by atoms with van der Waals surface area (Å²) < 4.78 is 1.83. The zero-order chi connectivity index (χ0) is 13.0. The number of aliphatic hydroxyl groups is 1. The highest BCUT2D eigenvalue weighted by Gasteiger charge is 2.12. The van der Waals surface area contributed by atoms with E-state index in [1.54, 1.807) is 6.20 Å². The summed E-state index contributed by atoms with van der Waals surface area (Å²) in [4.78, 5) is 0. The third-order valence-electron chi connectivity index (χ3n) is 2.75. The lowest BCUT2D eigenvalue weighted by atomic mass is 10.1. The van der Waals surface area contributed by atoms with Gasteiger partial charge < -0.3 is 10.4 Å². The molecule has 96 valence electrons. The minimum atomic E-state index is -0.161. The predicted octanol–water partition coefficient (Wildman–Crippen LogP) is 2.70. The van der Waals surface area contributed by atoms with Gasteiger partial charge in [-0.15, -0.1) is 0 Å². The molecule has 0 spiro atoms. The molecule has 1 aromatic heterocycles. The molecule has 0 aliphatic heterocycles. The van der Waals surface area contributed by atoms with E-state index in [4.69, 9.17) is 11.6 Å². The second kappa shape index (κ2) is 5.89. The Labute approximate surface area is 111 Å². The van der Waals surface area contributed by atoms with E-state index >= 15 is 0 Å². The number of halogens is 1. The number of nitrogens with one attached hydrogen (secondary N) is 1. The second-order valence-corrected chi connectivity index (χ2v) is 4.45. The lowest BCUT2D eigenvalue weighted by Crippen LogP contribution is -2.14. The molecule has 1 atom stereocenters. The van der Waals surface area contributed by atoms with Crippen molar-refractivity contribution in [1.29, 1.82) is 0 Å². The van der Waals surface area contributed by atoms with E-state index in [2.05, 4.69) is 10.4 Å². The quantitative estimate of drug-likeness (QED) is 0.874. The minimum Gasteiger partial charge on any atom is -0.394 e. The molecule has 18 heavy (non-hydrogen) atoms. The van der Waals surface area contributed by atoms with Crippen LogP contribution in [0.2, 0.25) is 5.02 Å². The summed E-state index contributed by atoms with van der Waals surface area (Å²) in [5, 5.41) is 17.6. The smallest absolute Gasteiger partial charge is 0.0775 e. The largest absolute Gasteiger partial charge is 0.394 e. The van der Waals surface area contributed by atoms with Gasteiger partial charge in [-0.25, -0.2) is 0 Å². The molecular weight excluding hydrogens is 250 g/mol. The van der Waals surface area contributed by atoms with Gasteiger partial charge in [0.15, 0.2) is 0 Å². The molecule has 1 heterocycles. The normalized spacial score (nSPS) is 12.4. The number of aliphatic hydroxyl groups excluding tert-OH is 1. The molecule has 0 aliphatic rings. The highest BCUT2D eigenvalue weighted by molar-refractivity contribution is 6.30. The summed E-state index contributed by atoms with van der Waals surface area (Å²) in [7, 11) is 0. The fourth-order valence-electron chi connectivity index (χ4n) is 1.71. The van der Waals surface area contributed by atoms with Gasteiger partial charge in [-0.2, -0.15) is 5.10 Å². The van der Waals surface area contributed by atoms with Crippen LogP contribution in [0.3, 0.4) is 0 Å². The summed E-state index contributed by atoms with van der Waals surface area (Å²) in [6.45, 7) is 2.86. The Bertz CT molecular complexity index is 495. The minimum absolute atomic E-state index is 0.0119. The SMILES string of the molecule is CCn1cc(C(CO)Nc2ccc(Cl)cc2)cn1. The van der Waals surface area contributed by atoms with E-state index in [1.807, 2.05) is 42.1 Å². The van der Waals surface area contributed by atoms with Crippen molar-refractivity contribution < 1.29 is 5.11 Å². The van der Waals surface area contributed by atoms with Crippen LogP contribution in [0.4, 0.5) is 5.69 Å². The van der Waals surface area contributed by atoms with Gasteiger partial charge in [0.1, 0.15) is 0 Å². The molecule has 0 bridgehead atoms. The van der Waals surface area contributed by atoms with Crippen molar-refractivity contribution in [2.24, 2.45) is 0 Å². The number of hydrogen-bond acceptors (Lipinski definition) is 3. The Morgan fingerprint density at radius 3 is 2.67 bits per heavy atom. The molecule has 0 saturated carbocycles. The lowest BCUT2D eigenvalue weighted by Gasteiger charge is -2.16. The van der Waals surface area contributed by atoms with E-state index in [0.29, 0.717) is 5.02 Å². The maximum Gasteiger partial charge on any atom is 0.0775 e. The number of aryl methyl sites for hydroxylation is 1. The van der Waals surface area contributed by atoms with Gasteiger partial charge in [-0.3, -0.25) is 4.68 Å². The Morgan fingerprint density at radius 2 is 2.11 bits per heavy atom. The van der Waals surface area contributed by atoms with Crippen molar-refractivity contribution >= 4 is 17.3 Å². The predicted molar refractivity (Wildman–Crippen MR) is 72.8 cm³/mol. The van der Waals surface area contributed by atoms with Crippen LogP contribution < -0.4 is 5.32 Å². The van der Waals surface area contributed by atoms with Crippen LogP contribution in [-0.2, 0) is 6.54 Å². The van der Waals surface area contributed by atoms with Gasteiger partial charge >= 0.3 is 0 Å². The van der Waals surface area contributed by atoms with Crippen LogP contribution >= 0.6 is 11.6 Å². The van der Waals surface area contributed by atoms with Gasteiger partial charge in [0.25, 0.3) is 0 Å². The Morgan fingerprint density at radius 1 is 1.39 bits per heavy atom. The van der Waals surface area contributed by atoms with E-state index in [9.17, 15) is 5.11 Å². The number of hydrogen-bond donors (Lipinski definition) is 2. The van der Waals surface area contributed by atoms with Crippen molar-refractivity contribution in [3.63, 3.8) is 0 Å². The molecular formula is C13H16ClN3O. The van der Waals surface area contributed by atoms with E-state index in [-0.39, 0.29) is 12.6 Å². The van der Waals surface area contributed by atoms with Crippen LogP contribution in [0.1, 0.15) is 18.5 Å². The summed E-state index contributed by atoms with van der Waals surface area (Å²) in [5.74, 6) is 0. The Kier molecular flexibility index (Phi) is 4.23. The number of rotatable bonds is 5. The number of anilines is 1. The van der Waals surface area contributed by atoms with Gasteiger partial charge in [0.05, 0.1) is 18.8 Å². The van der Waals surface area contributed by atoms with Crippen molar-refractivity contribution in [3.8, 4) is 0 Å². The first-order valence-corrected chi connectivity index (χ1v) is 6.26. The van der Waals surface area contributed by atoms with Crippen LogP contribution in [-0.4, -0.2) is 21.5 Å². The summed E-state index contributed by atoms with van der Waals surface area (Å²) in [6, 6.07) is 7.23. The molecule has 2 rings (SSSR count). The van der Waals surface area contributed by atoms with Crippen molar-refractivity contribution in [2.45, 2.75) is 19.5 Å². The standard InChI is InChI=1S/C13H16ClN3O/c1-2-17-8-10(7-15-17)13(9-18)16-12-5-3-11(14)4-6-12/h3-8,13,16,18H,2,9H2,1H3. The monoisotopic (exact) mass is 265 g/mol. The average molecular weight is 266 g/mol. The first-order valence-electron chi connectivity index (χ1n) is 5.88. The fraction of sp³-hybridized carbons (Fsp3) is 0.308. The van der Waals surface area contributed by atoms with Crippen LogP contribution in [0, 0.1) is 0 Å². The first kappa shape index (κ1) is 12.9. The third kappa shape index (κ3) is 3.03. The maximum atomic E-state index is 9.45. The summed E-state index contributed by atoms with van der Waals surface area (Å²) in [6.07, 6.45) is 3.71. The maximum absolute atomic E-state index is 9.45. The van der Waals surface area contributed by atoms with Crippen LogP contribution in [0.5, 0.6) is 0 Å². The molecule has 1 aromatic carbocycles. The topological polar surface area (TPSA) is 50.1 Å². The highest BCUT2D eigenvalue weighted by Crippen LogP contribution is 2.20. The van der Waals surface area contributed by atoms with E-state index < -0.39 is 0 Å². The molecule has 0 fully saturated rings. The van der Waals surface area contributed by atoms with E-state index in [1.165, 1.54) is 0 Å². The van der Waals surface area contributed by atoms with Gasteiger partial charge in [-0.05, 0) is 31.2 Å². The molecule has 0 saturated heterocycles. The number of nitrogens with zero attached hydrogens (tertiary/aromatic N) is 2. The zero-order valence-corrected chi connectivity index (χ0v) is 10.9. The van der Waals surface area contributed by atoms with Crippen LogP contribution in [0.25, 0.3) is 0 Å². The molecule has 2 aromatic rings. The lowest BCUT2D eigenvalue weighted by molar-refractivity contribution is 0.276. The van der Waals surface area contributed by atoms with Crippen molar-refractivity contribution in [1.82, 2.24) is 9.78 Å². The fourth-order valence-corrected chi connectivity index (χ4v) is 1.84. The molecule has 0 radical (unpaired) electrons. The average Bonchev–Trinajstić information content (AvgIpc) is 2.87. The molecule has 0 aliphatic carbocycles. The number of benzene rings is 1. The summed E-state index contributed by atoms with van der Waals surface area (Å²) >= 11 is 5.83. The van der Waals surface area contributed by atoms with Gasteiger partial charge in [0, 0.05) is 29.0 Å². The van der Waals surface area contributed by atoms with Gasteiger partial charge in [-0.1, -0.05) is 11.6 Å². The summed E-state index contributed by atoms with van der Waals surface area (Å²) in [5.41, 5.74) is 1.89.